The molecular weight excluding hydrogens is 271 g/mol. The molecule has 0 aliphatic carbocycles. The van der Waals surface area contributed by atoms with E-state index >= 15 is 0 Å². The highest BCUT2D eigenvalue weighted by atomic mass is 32.2. The first-order valence-electron chi connectivity index (χ1n) is 5.70. The maximum Gasteiger partial charge on any atom is 0.170 e. The summed E-state index contributed by atoms with van der Waals surface area (Å²) in [5, 5.41) is 10.7. The van der Waals surface area contributed by atoms with Crippen LogP contribution in [-0.4, -0.2) is 24.5 Å². The molecule has 0 aliphatic rings. The Kier molecular flexibility index (Phi) is 3.18. The Hall–Kier alpha value is -1.40. The van der Waals surface area contributed by atoms with Crippen molar-refractivity contribution >= 4 is 20.8 Å². The monoisotopic (exact) mass is 286 g/mol. The van der Waals surface area contributed by atoms with E-state index in [1.54, 1.807) is 6.07 Å². The maximum absolute atomic E-state index is 13.5. The maximum atomic E-state index is 13.5. The van der Waals surface area contributed by atoms with Gasteiger partial charge < -0.3 is 9.52 Å². The fourth-order valence-electron chi connectivity index (χ4n) is 1.73. The number of para-hydroxylation sites is 1. The second-order valence-electron chi connectivity index (χ2n) is 5.09. The van der Waals surface area contributed by atoms with Crippen molar-refractivity contribution in [2.45, 2.75) is 24.7 Å². The van der Waals surface area contributed by atoms with Crippen LogP contribution < -0.4 is 0 Å². The number of rotatable bonds is 3. The molecule has 1 aromatic carbocycles. The second kappa shape index (κ2) is 4.31. The third-order valence-corrected chi connectivity index (χ3v) is 5.53. The number of sulfone groups is 1. The highest BCUT2D eigenvalue weighted by molar-refractivity contribution is 7.92. The molecule has 104 valence electrons. The van der Waals surface area contributed by atoms with Gasteiger partial charge in [-0.15, -0.1) is 0 Å². The molecule has 1 atom stereocenters. The third-order valence-electron chi connectivity index (χ3n) is 3.40. The number of halogens is 1. The quantitative estimate of drug-likeness (QED) is 0.941. The van der Waals surface area contributed by atoms with Crippen LogP contribution in [0.25, 0.3) is 11.0 Å². The summed E-state index contributed by atoms with van der Waals surface area (Å²) < 4.78 is 40.7. The number of aliphatic hydroxyl groups excluding tert-OH is 1. The normalized spacial score (nSPS) is 14.8. The van der Waals surface area contributed by atoms with Crippen molar-refractivity contribution < 1.29 is 22.3 Å². The molecule has 19 heavy (non-hydrogen) atoms. The molecule has 0 saturated carbocycles. The predicted octanol–water partition coefficient (Wildman–Crippen LogP) is 2.43. The van der Waals surface area contributed by atoms with Crippen molar-refractivity contribution in [3.05, 3.63) is 35.8 Å². The fourth-order valence-corrected chi connectivity index (χ4v) is 2.25. The van der Waals surface area contributed by atoms with Gasteiger partial charge in [0.25, 0.3) is 0 Å². The van der Waals surface area contributed by atoms with Crippen molar-refractivity contribution in [3.8, 4) is 0 Å². The highest BCUT2D eigenvalue weighted by Crippen LogP contribution is 2.35. The first-order chi connectivity index (χ1) is 8.64. The number of fused-ring (bicyclic) bond motifs is 1. The molecule has 1 unspecified atom stereocenters. The van der Waals surface area contributed by atoms with Crippen LogP contribution in [0.1, 0.15) is 25.7 Å². The average Bonchev–Trinajstić information content (AvgIpc) is 2.71. The van der Waals surface area contributed by atoms with Crippen LogP contribution in [0.5, 0.6) is 0 Å². The topological polar surface area (TPSA) is 67.5 Å². The summed E-state index contributed by atoms with van der Waals surface area (Å²) in [6.45, 7) is 2.80. The van der Waals surface area contributed by atoms with E-state index in [0.717, 1.165) is 6.26 Å². The van der Waals surface area contributed by atoms with E-state index in [2.05, 4.69) is 0 Å². The van der Waals surface area contributed by atoms with Gasteiger partial charge in [0.1, 0.15) is 11.9 Å². The van der Waals surface area contributed by atoms with Gasteiger partial charge >= 0.3 is 0 Å². The van der Waals surface area contributed by atoms with Gasteiger partial charge in [-0.1, -0.05) is 12.1 Å². The van der Waals surface area contributed by atoms with Crippen LogP contribution in [0.2, 0.25) is 0 Å². The van der Waals surface area contributed by atoms with Gasteiger partial charge in [0.15, 0.2) is 21.2 Å². The van der Waals surface area contributed by atoms with E-state index in [-0.39, 0.29) is 11.3 Å². The van der Waals surface area contributed by atoms with Gasteiger partial charge in [-0.3, -0.25) is 0 Å². The number of furan rings is 1. The summed E-state index contributed by atoms with van der Waals surface area (Å²) in [6.07, 6.45) is -0.325. The number of aliphatic hydroxyl groups is 1. The Morgan fingerprint density at radius 1 is 1.37 bits per heavy atom. The lowest BCUT2D eigenvalue weighted by molar-refractivity contribution is 0.116. The summed E-state index contributed by atoms with van der Waals surface area (Å²) >= 11 is 0. The summed E-state index contributed by atoms with van der Waals surface area (Å²) in [7, 11) is -3.50. The lowest BCUT2D eigenvalue weighted by Crippen LogP contribution is -2.37. The van der Waals surface area contributed by atoms with E-state index in [9.17, 15) is 17.9 Å². The first kappa shape index (κ1) is 14.0. The zero-order valence-electron chi connectivity index (χ0n) is 10.8. The number of hydrogen-bond donors (Lipinski definition) is 1. The third kappa shape index (κ3) is 2.26. The van der Waals surface area contributed by atoms with Crippen LogP contribution in [-0.2, 0) is 9.84 Å². The van der Waals surface area contributed by atoms with Crippen molar-refractivity contribution in [3.63, 3.8) is 0 Å². The smallest absolute Gasteiger partial charge is 0.170 e. The molecule has 1 heterocycles. The van der Waals surface area contributed by atoms with E-state index in [1.165, 1.54) is 32.0 Å². The Labute approximate surface area is 110 Å². The van der Waals surface area contributed by atoms with E-state index in [0.29, 0.717) is 5.39 Å². The second-order valence-corrected chi connectivity index (χ2v) is 7.68. The fraction of sp³-hybridized carbons (Fsp3) is 0.385. The van der Waals surface area contributed by atoms with Gasteiger partial charge in [0.2, 0.25) is 0 Å². The standard InChI is InChI=1S/C13H15FO4S/c1-13(2,19(3,16)17)12(15)10-7-8-5-4-6-9(14)11(8)18-10/h4-7,12,15H,1-3H3. The number of benzene rings is 1. The van der Waals surface area contributed by atoms with Crippen molar-refractivity contribution in [2.75, 3.05) is 6.26 Å². The molecule has 0 aliphatic heterocycles. The largest absolute Gasteiger partial charge is 0.455 e. The molecule has 0 amide bonds. The number of hydrogen-bond acceptors (Lipinski definition) is 4. The van der Waals surface area contributed by atoms with Gasteiger partial charge in [-0.2, -0.15) is 0 Å². The van der Waals surface area contributed by atoms with Crippen LogP contribution in [0, 0.1) is 5.82 Å². The molecule has 1 N–H and O–H groups in total. The van der Waals surface area contributed by atoms with Gasteiger partial charge in [0, 0.05) is 11.6 Å². The highest BCUT2D eigenvalue weighted by Gasteiger charge is 2.40. The van der Waals surface area contributed by atoms with Crippen molar-refractivity contribution in [2.24, 2.45) is 0 Å². The Morgan fingerprint density at radius 2 is 2.00 bits per heavy atom. The zero-order valence-corrected chi connectivity index (χ0v) is 11.7. The molecular formula is C13H15FO4S. The molecule has 1 aromatic heterocycles. The molecule has 0 radical (unpaired) electrons. The van der Waals surface area contributed by atoms with E-state index < -0.39 is 26.5 Å². The lowest BCUT2D eigenvalue weighted by Gasteiger charge is -2.26. The minimum absolute atomic E-state index is 0.0147. The summed E-state index contributed by atoms with van der Waals surface area (Å²) in [6, 6.07) is 5.84. The molecule has 6 heteroatoms. The SMILES string of the molecule is CC(C)(C(O)c1cc2cccc(F)c2o1)S(C)(=O)=O. The summed E-state index contributed by atoms with van der Waals surface area (Å²) in [4.78, 5) is 0. The molecule has 0 spiro atoms. The molecule has 0 saturated heterocycles. The molecule has 4 nitrogen and oxygen atoms in total. The van der Waals surface area contributed by atoms with Crippen molar-refractivity contribution in [1.82, 2.24) is 0 Å². The Morgan fingerprint density at radius 3 is 2.53 bits per heavy atom. The Bertz CT molecular complexity index is 715. The molecule has 2 rings (SSSR count). The van der Waals surface area contributed by atoms with Crippen LogP contribution in [0.3, 0.4) is 0 Å². The van der Waals surface area contributed by atoms with Crippen molar-refractivity contribution in [1.29, 1.82) is 0 Å². The van der Waals surface area contributed by atoms with Crippen LogP contribution in [0.15, 0.2) is 28.7 Å². The summed E-state index contributed by atoms with van der Waals surface area (Å²) in [5.74, 6) is -0.511. The summed E-state index contributed by atoms with van der Waals surface area (Å²) in [5.41, 5.74) is 0.0147. The van der Waals surface area contributed by atoms with E-state index in [1.807, 2.05) is 0 Å². The van der Waals surface area contributed by atoms with Gasteiger partial charge in [-0.25, -0.2) is 12.8 Å². The van der Waals surface area contributed by atoms with E-state index in [4.69, 9.17) is 4.42 Å². The van der Waals surface area contributed by atoms with Crippen LogP contribution in [0.4, 0.5) is 4.39 Å². The zero-order chi connectivity index (χ0) is 14.4. The molecule has 0 fully saturated rings. The van der Waals surface area contributed by atoms with Gasteiger partial charge in [-0.05, 0) is 26.0 Å². The predicted molar refractivity (Wildman–Crippen MR) is 70.1 cm³/mol. The lowest BCUT2D eigenvalue weighted by atomic mass is 10.0. The molecule has 2 aromatic rings. The van der Waals surface area contributed by atoms with Gasteiger partial charge in [0.05, 0.1) is 4.75 Å². The molecule has 0 bridgehead atoms. The first-order valence-corrected chi connectivity index (χ1v) is 7.59. The minimum atomic E-state index is -3.50. The minimum Gasteiger partial charge on any atom is -0.455 e. The average molecular weight is 286 g/mol. The Balaban J connectivity index is 2.54. The van der Waals surface area contributed by atoms with Crippen LogP contribution >= 0.6 is 0 Å².